The van der Waals surface area contributed by atoms with Crippen LogP contribution in [0.2, 0.25) is 0 Å². The highest BCUT2D eigenvalue weighted by Gasteiger charge is 2.34. The lowest BCUT2D eigenvalue weighted by Crippen LogP contribution is -2.48. The van der Waals surface area contributed by atoms with Crippen LogP contribution in [0.25, 0.3) is 0 Å². The molecular formula is C22H32Cl2N2O. The van der Waals surface area contributed by atoms with Gasteiger partial charge in [-0.05, 0) is 17.0 Å². The number of halogens is 2. The van der Waals surface area contributed by atoms with Crippen molar-refractivity contribution in [3.8, 4) is 5.75 Å². The minimum Gasteiger partial charge on any atom is -0.489 e. The number of ether oxygens (including phenoxy) is 1. The van der Waals surface area contributed by atoms with Gasteiger partial charge in [0, 0.05) is 37.8 Å². The maximum absolute atomic E-state index is 6.25. The van der Waals surface area contributed by atoms with E-state index in [0.29, 0.717) is 12.6 Å². The summed E-state index contributed by atoms with van der Waals surface area (Å²) in [4.78, 5) is 2.60. The Kier molecular flexibility index (Phi) is 9.61. The molecule has 5 heteroatoms. The van der Waals surface area contributed by atoms with Crippen molar-refractivity contribution < 1.29 is 4.74 Å². The minimum atomic E-state index is 0. The molecule has 1 fully saturated rings. The zero-order chi connectivity index (χ0) is 17.7. The van der Waals surface area contributed by atoms with Crippen LogP contribution in [0.4, 0.5) is 0 Å². The Morgan fingerprint density at radius 1 is 0.926 bits per heavy atom. The van der Waals surface area contributed by atoms with Gasteiger partial charge >= 0.3 is 0 Å². The molecule has 3 rings (SSSR count). The highest BCUT2D eigenvalue weighted by molar-refractivity contribution is 5.85. The van der Waals surface area contributed by atoms with Crippen molar-refractivity contribution in [2.75, 3.05) is 26.2 Å². The van der Waals surface area contributed by atoms with E-state index in [1.807, 2.05) is 6.07 Å². The second-order valence-electron chi connectivity index (χ2n) is 7.87. The van der Waals surface area contributed by atoms with E-state index in [1.165, 1.54) is 11.1 Å². The van der Waals surface area contributed by atoms with Crippen LogP contribution in [0.5, 0.6) is 5.75 Å². The smallest absolute Gasteiger partial charge is 0.124 e. The van der Waals surface area contributed by atoms with E-state index in [4.69, 9.17) is 4.74 Å². The molecule has 1 atom stereocenters. The first kappa shape index (κ1) is 23.8. The van der Waals surface area contributed by atoms with Crippen LogP contribution in [0.3, 0.4) is 0 Å². The summed E-state index contributed by atoms with van der Waals surface area (Å²) in [5.41, 5.74) is 2.64. The van der Waals surface area contributed by atoms with Crippen molar-refractivity contribution in [2.24, 2.45) is 5.41 Å². The molecule has 1 heterocycles. The molecular weight excluding hydrogens is 379 g/mol. The van der Waals surface area contributed by atoms with Gasteiger partial charge in [-0.1, -0.05) is 69.3 Å². The van der Waals surface area contributed by atoms with E-state index < -0.39 is 0 Å². The first-order valence-corrected chi connectivity index (χ1v) is 9.26. The van der Waals surface area contributed by atoms with E-state index in [9.17, 15) is 0 Å². The van der Waals surface area contributed by atoms with Crippen molar-refractivity contribution >= 4 is 24.8 Å². The molecule has 1 saturated heterocycles. The van der Waals surface area contributed by atoms with E-state index in [0.717, 1.165) is 31.9 Å². The SMILES string of the molecule is CC(C)(C)[C@H](c1ccccc1OCc1ccccc1)N1CCNCC1.Cl.Cl. The molecule has 1 aliphatic rings. The minimum absolute atomic E-state index is 0. The van der Waals surface area contributed by atoms with Gasteiger partial charge in [-0.25, -0.2) is 0 Å². The Bertz CT molecular complexity index is 668. The third kappa shape index (κ3) is 6.39. The highest BCUT2D eigenvalue weighted by atomic mass is 35.5. The molecule has 0 aromatic heterocycles. The van der Waals surface area contributed by atoms with Crippen LogP contribution in [0.1, 0.15) is 37.9 Å². The summed E-state index contributed by atoms with van der Waals surface area (Å²) < 4.78 is 6.25. The normalized spacial score (nSPS) is 16.0. The summed E-state index contributed by atoms with van der Waals surface area (Å²) >= 11 is 0. The summed E-state index contributed by atoms with van der Waals surface area (Å²) in [6.45, 7) is 11.9. The van der Waals surface area contributed by atoms with Crippen molar-refractivity contribution in [3.05, 3.63) is 65.7 Å². The van der Waals surface area contributed by atoms with Gasteiger partial charge in [0.15, 0.2) is 0 Å². The van der Waals surface area contributed by atoms with Crippen LogP contribution in [0, 0.1) is 5.41 Å². The Balaban J connectivity index is 0.00000182. The first-order chi connectivity index (χ1) is 12.1. The number of rotatable bonds is 5. The van der Waals surface area contributed by atoms with Crippen molar-refractivity contribution in [1.82, 2.24) is 10.2 Å². The Hall–Kier alpha value is -1.26. The van der Waals surface area contributed by atoms with Gasteiger partial charge < -0.3 is 10.1 Å². The maximum Gasteiger partial charge on any atom is 0.124 e. The molecule has 150 valence electrons. The number of nitrogens with zero attached hydrogens (tertiary/aromatic N) is 1. The number of piperazine rings is 1. The van der Waals surface area contributed by atoms with Crippen LogP contribution >= 0.6 is 24.8 Å². The molecule has 0 bridgehead atoms. The summed E-state index contributed by atoms with van der Waals surface area (Å²) in [7, 11) is 0. The van der Waals surface area contributed by atoms with Crippen LogP contribution in [0.15, 0.2) is 54.6 Å². The number of benzene rings is 2. The standard InChI is InChI=1S/C22H30N2O.2ClH/c1-22(2,3)21(24-15-13-23-14-16-24)19-11-7-8-12-20(19)25-17-18-9-5-4-6-10-18;;/h4-12,21,23H,13-17H2,1-3H3;2*1H/t21-;;/m0../s1. The zero-order valence-corrected chi connectivity index (χ0v) is 18.1. The quantitative estimate of drug-likeness (QED) is 0.741. The average Bonchev–Trinajstić information content (AvgIpc) is 2.62. The lowest BCUT2D eigenvalue weighted by atomic mass is 9.80. The molecule has 0 saturated carbocycles. The van der Waals surface area contributed by atoms with E-state index in [1.54, 1.807) is 0 Å². The van der Waals surface area contributed by atoms with Gasteiger partial charge in [-0.15, -0.1) is 24.8 Å². The third-order valence-corrected chi connectivity index (χ3v) is 4.79. The van der Waals surface area contributed by atoms with E-state index >= 15 is 0 Å². The first-order valence-electron chi connectivity index (χ1n) is 9.26. The summed E-state index contributed by atoms with van der Waals surface area (Å²) in [6, 6.07) is 19.3. The molecule has 0 unspecified atom stereocenters. The maximum atomic E-state index is 6.25. The van der Waals surface area contributed by atoms with Gasteiger partial charge in [-0.3, -0.25) is 4.90 Å². The number of hydrogen-bond acceptors (Lipinski definition) is 3. The average molecular weight is 411 g/mol. The molecule has 0 radical (unpaired) electrons. The van der Waals surface area contributed by atoms with Crippen molar-refractivity contribution in [2.45, 2.75) is 33.4 Å². The predicted octanol–water partition coefficient (Wildman–Crippen LogP) is 5.10. The van der Waals surface area contributed by atoms with E-state index in [2.05, 4.69) is 79.5 Å². The fraction of sp³-hybridized carbons (Fsp3) is 0.455. The predicted molar refractivity (Wildman–Crippen MR) is 118 cm³/mol. The monoisotopic (exact) mass is 410 g/mol. The largest absolute Gasteiger partial charge is 0.489 e. The molecule has 27 heavy (non-hydrogen) atoms. The lowest BCUT2D eigenvalue weighted by Gasteiger charge is -2.43. The van der Waals surface area contributed by atoms with Gasteiger partial charge in [0.25, 0.3) is 0 Å². The highest BCUT2D eigenvalue weighted by Crippen LogP contribution is 2.42. The van der Waals surface area contributed by atoms with Gasteiger partial charge in [-0.2, -0.15) is 0 Å². The molecule has 0 amide bonds. The van der Waals surface area contributed by atoms with Crippen molar-refractivity contribution in [1.29, 1.82) is 0 Å². The molecule has 3 nitrogen and oxygen atoms in total. The van der Waals surface area contributed by atoms with Crippen LogP contribution < -0.4 is 10.1 Å². The van der Waals surface area contributed by atoms with Gasteiger partial charge in [0.1, 0.15) is 12.4 Å². The topological polar surface area (TPSA) is 24.5 Å². The third-order valence-electron chi connectivity index (χ3n) is 4.79. The van der Waals surface area contributed by atoms with Gasteiger partial charge in [0.2, 0.25) is 0 Å². The second-order valence-corrected chi connectivity index (χ2v) is 7.87. The zero-order valence-electron chi connectivity index (χ0n) is 16.5. The molecule has 1 aliphatic heterocycles. The molecule has 1 N–H and O–H groups in total. The second kappa shape index (κ2) is 10.9. The van der Waals surface area contributed by atoms with E-state index in [-0.39, 0.29) is 30.2 Å². The Morgan fingerprint density at radius 3 is 2.15 bits per heavy atom. The fourth-order valence-electron chi connectivity index (χ4n) is 3.72. The van der Waals surface area contributed by atoms with Crippen LogP contribution in [-0.2, 0) is 6.61 Å². The van der Waals surface area contributed by atoms with Crippen LogP contribution in [-0.4, -0.2) is 31.1 Å². The molecule has 2 aromatic rings. The molecule has 0 spiro atoms. The van der Waals surface area contributed by atoms with Crippen molar-refractivity contribution in [3.63, 3.8) is 0 Å². The number of para-hydroxylation sites is 1. The lowest BCUT2D eigenvalue weighted by molar-refractivity contribution is 0.0832. The summed E-state index contributed by atoms with van der Waals surface area (Å²) in [6.07, 6.45) is 0. The Labute approximate surface area is 176 Å². The number of nitrogens with one attached hydrogen (secondary N) is 1. The fourth-order valence-corrected chi connectivity index (χ4v) is 3.72. The molecule has 2 aromatic carbocycles. The summed E-state index contributed by atoms with van der Waals surface area (Å²) in [5, 5.41) is 3.46. The van der Waals surface area contributed by atoms with Gasteiger partial charge in [0.05, 0.1) is 0 Å². The number of hydrogen-bond donors (Lipinski definition) is 1. The Morgan fingerprint density at radius 2 is 1.52 bits per heavy atom. The summed E-state index contributed by atoms with van der Waals surface area (Å²) in [5.74, 6) is 1.00. The molecule has 0 aliphatic carbocycles.